The van der Waals surface area contributed by atoms with Crippen molar-refractivity contribution < 1.29 is 4.39 Å². The second-order valence-electron chi connectivity index (χ2n) is 3.38. The van der Waals surface area contributed by atoms with E-state index < -0.39 is 5.82 Å². The van der Waals surface area contributed by atoms with Gasteiger partial charge in [-0.2, -0.15) is 0 Å². The number of halogens is 2. The van der Waals surface area contributed by atoms with Crippen LogP contribution < -0.4 is 11.1 Å². The number of hydrogen-bond donors (Lipinski definition) is 2. The molecule has 0 aliphatic rings. The zero-order valence-electron chi connectivity index (χ0n) is 8.37. The molecule has 0 aromatic heterocycles. The molecule has 82 valence electrons. The predicted octanol–water partition coefficient (Wildman–Crippen LogP) is 3.80. The second-order valence-corrected chi connectivity index (χ2v) is 3.78. The van der Waals surface area contributed by atoms with Gasteiger partial charge in [-0.05, 0) is 42.5 Å². The van der Waals surface area contributed by atoms with Crippen molar-refractivity contribution in [3.63, 3.8) is 0 Å². The van der Waals surface area contributed by atoms with E-state index in [0.717, 1.165) is 11.4 Å². The smallest absolute Gasteiger partial charge is 0.141 e. The fraction of sp³-hybridized carbons (Fsp3) is 0. The quantitative estimate of drug-likeness (QED) is 0.779. The average molecular weight is 237 g/mol. The summed E-state index contributed by atoms with van der Waals surface area (Å²) in [6, 6.07) is 11.7. The van der Waals surface area contributed by atoms with E-state index in [-0.39, 0.29) is 5.02 Å². The Morgan fingerprint density at radius 2 is 1.62 bits per heavy atom. The minimum absolute atomic E-state index is 0.0976. The maximum Gasteiger partial charge on any atom is 0.141 e. The summed E-state index contributed by atoms with van der Waals surface area (Å²) in [5.41, 5.74) is 7.87. The average Bonchev–Trinajstić information content (AvgIpc) is 2.27. The minimum atomic E-state index is -0.426. The molecule has 3 N–H and O–H groups in total. The molecule has 0 unspecified atom stereocenters. The highest BCUT2D eigenvalue weighted by atomic mass is 35.5. The monoisotopic (exact) mass is 236 g/mol. The standard InChI is InChI=1S/C12H10ClFN2/c13-11-7-10(5-6-12(11)14)16-9-3-1-8(15)2-4-9/h1-7,16H,15H2. The Bertz CT molecular complexity index is 497. The lowest BCUT2D eigenvalue weighted by atomic mass is 10.2. The molecule has 0 aliphatic heterocycles. The molecule has 2 aromatic rings. The molecular weight excluding hydrogens is 227 g/mol. The normalized spacial score (nSPS) is 10.1. The number of nitrogens with one attached hydrogen (secondary N) is 1. The largest absolute Gasteiger partial charge is 0.399 e. The van der Waals surface area contributed by atoms with Gasteiger partial charge in [0.2, 0.25) is 0 Å². The Labute approximate surface area is 97.8 Å². The van der Waals surface area contributed by atoms with Crippen molar-refractivity contribution >= 4 is 28.7 Å². The fourth-order valence-corrected chi connectivity index (χ4v) is 1.49. The number of benzene rings is 2. The van der Waals surface area contributed by atoms with Gasteiger partial charge in [-0.25, -0.2) is 4.39 Å². The summed E-state index contributed by atoms with van der Waals surface area (Å²) in [4.78, 5) is 0. The summed E-state index contributed by atoms with van der Waals surface area (Å²) in [6.45, 7) is 0. The van der Waals surface area contributed by atoms with Gasteiger partial charge in [0.05, 0.1) is 5.02 Å². The van der Waals surface area contributed by atoms with Gasteiger partial charge in [0, 0.05) is 17.1 Å². The van der Waals surface area contributed by atoms with Crippen LogP contribution in [0.4, 0.5) is 21.5 Å². The van der Waals surface area contributed by atoms with Gasteiger partial charge in [0.15, 0.2) is 0 Å². The molecule has 0 atom stereocenters. The van der Waals surface area contributed by atoms with Crippen LogP contribution in [-0.2, 0) is 0 Å². The van der Waals surface area contributed by atoms with E-state index in [9.17, 15) is 4.39 Å². The van der Waals surface area contributed by atoms with Crippen LogP contribution >= 0.6 is 11.6 Å². The Kier molecular flexibility index (Phi) is 2.97. The molecule has 0 saturated carbocycles. The zero-order chi connectivity index (χ0) is 11.5. The van der Waals surface area contributed by atoms with E-state index in [1.54, 1.807) is 18.2 Å². The van der Waals surface area contributed by atoms with Crippen LogP contribution in [0.15, 0.2) is 42.5 Å². The lowest BCUT2D eigenvalue weighted by molar-refractivity contribution is 0.628. The minimum Gasteiger partial charge on any atom is -0.399 e. The lowest BCUT2D eigenvalue weighted by Gasteiger charge is -2.07. The molecule has 0 fully saturated rings. The second kappa shape index (κ2) is 4.41. The molecule has 2 nitrogen and oxygen atoms in total. The van der Waals surface area contributed by atoms with Crippen molar-refractivity contribution in [3.05, 3.63) is 53.3 Å². The van der Waals surface area contributed by atoms with Crippen LogP contribution in [-0.4, -0.2) is 0 Å². The molecule has 0 bridgehead atoms. The Morgan fingerprint density at radius 3 is 2.25 bits per heavy atom. The Hall–Kier alpha value is -1.74. The zero-order valence-corrected chi connectivity index (χ0v) is 9.13. The van der Waals surface area contributed by atoms with Gasteiger partial charge in [0.25, 0.3) is 0 Å². The summed E-state index contributed by atoms with van der Waals surface area (Å²) in [7, 11) is 0. The van der Waals surface area contributed by atoms with Crippen LogP contribution in [0.1, 0.15) is 0 Å². The van der Waals surface area contributed by atoms with Gasteiger partial charge in [0.1, 0.15) is 5.82 Å². The van der Waals surface area contributed by atoms with E-state index in [4.69, 9.17) is 17.3 Å². The first-order valence-corrected chi connectivity index (χ1v) is 5.10. The number of nitrogen functional groups attached to an aromatic ring is 1. The van der Waals surface area contributed by atoms with Crippen LogP contribution in [0.5, 0.6) is 0 Å². The highest BCUT2D eigenvalue weighted by molar-refractivity contribution is 6.31. The van der Waals surface area contributed by atoms with Crippen LogP contribution in [0.25, 0.3) is 0 Å². The van der Waals surface area contributed by atoms with Crippen LogP contribution in [0, 0.1) is 5.82 Å². The third-order valence-electron chi connectivity index (χ3n) is 2.12. The fourth-order valence-electron chi connectivity index (χ4n) is 1.31. The van der Waals surface area contributed by atoms with Crippen molar-refractivity contribution in [2.24, 2.45) is 0 Å². The van der Waals surface area contributed by atoms with Gasteiger partial charge >= 0.3 is 0 Å². The summed E-state index contributed by atoms with van der Waals surface area (Å²) >= 11 is 5.67. The van der Waals surface area contributed by atoms with Crippen molar-refractivity contribution in [3.8, 4) is 0 Å². The van der Waals surface area contributed by atoms with Gasteiger partial charge in [-0.3, -0.25) is 0 Å². The number of rotatable bonds is 2. The summed E-state index contributed by atoms with van der Waals surface area (Å²) in [5, 5.41) is 3.19. The summed E-state index contributed by atoms with van der Waals surface area (Å²) in [6.07, 6.45) is 0. The maximum absolute atomic E-state index is 12.9. The number of hydrogen-bond acceptors (Lipinski definition) is 2. The molecule has 4 heteroatoms. The van der Waals surface area contributed by atoms with E-state index in [2.05, 4.69) is 5.32 Å². The molecule has 2 rings (SSSR count). The molecular formula is C12H10ClFN2. The first kappa shape index (κ1) is 10.8. The van der Waals surface area contributed by atoms with E-state index in [1.807, 2.05) is 12.1 Å². The molecule has 0 spiro atoms. The van der Waals surface area contributed by atoms with Crippen molar-refractivity contribution in [1.29, 1.82) is 0 Å². The number of nitrogens with two attached hydrogens (primary N) is 1. The summed E-state index contributed by atoms with van der Waals surface area (Å²) in [5.74, 6) is -0.426. The van der Waals surface area contributed by atoms with Gasteiger partial charge in [-0.1, -0.05) is 11.6 Å². The molecule has 0 radical (unpaired) electrons. The van der Waals surface area contributed by atoms with E-state index >= 15 is 0 Å². The van der Waals surface area contributed by atoms with Crippen molar-refractivity contribution in [2.45, 2.75) is 0 Å². The highest BCUT2D eigenvalue weighted by Crippen LogP contribution is 2.23. The summed E-state index contributed by atoms with van der Waals surface area (Å²) < 4.78 is 12.9. The first-order valence-electron chi connectivity index (χ1n) is 4.73. The van der Waals surface area contributed by atoms with Crippen LogP contribution in [0.3, 0.4) is 0 Å². The Morgan fingerprint density at radius 1 is 1.00 bits per heavy atom. The molecule has 0 saturated heterocycles. The first-order chi connectivity index (χ1) is 7.65. The molecule has 0 aliphatic carbocycles. The Balaban J connectivity index is 2.20. The molecule has 0 amide bonds. The van der Waals surface area contributed by atoms with E-state index in [1.165, 1.54) is 12.1 Å². The third-order valence-corrected chi connectivity index (χ3v) is 2.41. The van der Waals surface area contributed by atoms with Crippen LogP contribution in [0.2, 0.25) is 5.02 Å². The SMILES string of the molecule is Nc1ccc(Nc2ccc(F)c(Cl)c2)cc1. The topological polar surface area (TPSA) is 38.0 Å². The molecule has 2 aromatic carbocycles. The molecule has 0 heterocycles. The molecule has 16 heavy (non-hydrogen) atoms. The van der Waals surface area contributed by atoms with Gasteiger partial charge in [-0.15, -0.1) is 0 Å². The van der Waals surface area contributed by atoms with E-state index in [0.29, 0.717) is 5.69 Å². The third kappa shape index (κ3) is 2.44. The number of anilines is 3. The lowest BCUT2D eigenvalue weighted by Crippen LogP contribution is -1.91. The van der Waals surface area contributed by atoms with Crippen molar-refractivity contribution in [2.75, 3.05) is 11.1 Å². The predicted molar refractivity (Wildman–Crippen MR) is 65.5 cm³/mol. The highest BCUT2D eigenvalue weighted by Gasteiger charge is 2.00. The van der Waals surface area contributed by atoms with Gasteiger partial charge < -0.3 is 11.1 Å². The maximum atomic E-state index is 12.9. The van der Waals surface area contributed by atoms with Crippen molar-refractivity contribution in [1.82, 2.24) is 0 Å².